The van der Waals surface area contributed by atoms with Crippen molar-refractivity contribution in [2.75, 3.05) is 5.32 Å². The molecule has 118 valence electrons. The van der Waals surface area contributed by atoms with Crippen LogP contribution in [0.5, 0.6) is 0 Å². The standard InChI is InChI=1S/C19H15N3OS/c23-18(16-9-5-11-20-13-16)22-19(24)21-17-10-4-8-15(12-17)14-6-2-1-3-7-14/h1-13H,(H2,21,22,23,24). The van der Waals surface area contributed by atoms with Crippen LogP contribution in [0, 0.1) is 0 Å². The Labute approximate surface area is 145 Å². The van der Waals surface area contributed by atoms with Crippen molar-refractivity contribution in [3.63, 3.8) is 0 Å². The zero-order chi connectivity index (χ0) is 16.8. The van der Waals surface area contributed by atoms with Gasteiger partial charge in [-0.15, -0.1) is 0 Å². The van der Waals surface area contributed by atoms with E-state index in [1.807, 2.05) is 54.6 Å². The number of hydrogen-bond acceptors (Lipinski definition) is 3. The molecule has 0 unspecified atom stereocenters. The summed E-state index contributed by atoms with van der Waals surface area (Å²) in [5.74, 6) is -0.292. The first-order chi connectivity index (χ1) is 11.7. The lowest BCUT2D eigenvalue weighted by Crippen LogP contribution is -2.34. The average Bonchev–Trinajstić information content (AvgIpc) is 2.63. The molecule has 0 radical (unpaired) electrons. The van der Waals surface area contributed by atoms with Gasteiger partial charge in [-0.2, -0.15) is 0 Å². The van der Waals surface area contributed by atoms with Crippen LogP contribution in [-0.2, 0) is 0 Å². The third-order valence-electron chi connectivity index (χ3n) is 3.38. The van der Waals surface area contributed by atoms with Gasteiger partial charge in [0, 0.05) is 18.1 Å². The quantitative estimate of drug-likeness (QED) is 0.714. The topological polar surface area (TPSA) is 54.0 Å². The number of carbonyl (C=O) groups is 1. The van der Waals surface area contributed by atoms with E-state index in [1.165, 1.54) is 6.20 Å². The van der Waals surface area contributed by atoms with E-state index < -0.39 is 0 Å². The average molecular weight is 333 g/mol. The number of pyridine rings is 1. The first-order valence-electron chi connectivity index (χ1n) is 7.40. The molecular formula is C19H15N3OS. The molecule has 0 aliphatic rings. The molecule has 0 fully saturated rings. The van der Waals surface area contributed by atoms with Crippen molar-refractivity contribution < 1.29 is 4.79 Å². The number of nitrogens with one attached hydrogen (secondary N) is 2. The molecule has 3 aromatic rings. The normalized spacial score (nSPS) is 10.0. The molecule has 1 amide bonds. The van der Waals surface area contributed by atoms with E-state index in [9.17, 15) is 4.79 Å². The molecule has 2 N–H and O–H groups in total. The van der Waals surface area contributed by atoms with Crippen molar-refractivity contribution in [2.24, 2.45) is 0 Å². The summed E-state index contributed by atoms with van der Waals surface area (Å²) in [7, 11) is 0. The molecule has 1 heterocycles. The van der Waals surface area contributed by atoms with E-state index in [2.05, 4.69) is 15.6 Å². The molecule has 0 aliphatic heterocycles. The first-order valence-corrected chi connectivity index (χ1v) is 7.81. The molecule has 0 bridgehead atoms. The van der Waals surface area contributed by atoms with Gasteiger partial charge in [-0.25, -0.2) is 0 Å². The smallest absolute Gasteiger partial charge is 0.258 e. The van der Waals surface area contributed by atoms with Crippen LogP contribution in [0.15, 0.2) is 79.1 Å². The Morgan fingerprint density at radius 1 is 0.917 bits per heavy atom. The summed E-state index contributed by atoms with van der Waals surface area (Å²) in [4.78, 5) is 16.0. The number of nitrogens with zero attached hydrogens (tertiary/aromatic N) is 1. The third-order valence-corrected chi connectivity index (χ3v) is 3.58. The van der Waals surface area contributed by atoms with Gasteiger partial charge in [0.05, 0.1) is 5.56 Å². The molecule has 0 saturated heterocycles. The second kappa shape index (κ2) is 7.48. The Hall–Kier alpha value is -3.05. The van der Waals surface area contributed by atoms with Crippen molar-refractivity contribution in [1.29, 1.82) is 0 Å². The van der Waals surface area contributed by atoms with Gasteiger partial charge in [-0.05, 0) is 47.6 Å². The van der Waals surface area contributed by atoms with Crippen LogP contribution in [0.1, 0.15) is 10.4 Å². The zero-order valence-corrected chi connectivity index (χ0v) is 13.6. The van der Waals surface area contributed by atoms with Crippen LogP contribution in [-0.4, -0.2) is 16.0 Å². The fourth-order valence-corrected chi connectivity index (χ4v) is 2.45. The summed E-state index contributed by atoms with van der Waals surface area (Å²) in [6, 6.07) is 21.3. The summed E-state index contributed by atoms with van der Waals surface area (Å²) in [5.41, 5.74) is 3.46. The van der Waals surface area contributed by atoms with Gasteiger partial charge < -0.3 is 5.32 Å². The molecule has 3 rings (SSSR count). The second-order valence-corrected chi connectivity index (χ2v) is 5.51. The second-order valence-electron chi connectivity index (χ2n) is 5.10. The van der Waals surface area contributed by atoms with E-state index in [-0.39, 0.29) is 11.0 Å². The number of rotatable bonds is 3. The monoisotopic (exact) mass is 333 g/mol. The minimum Gasteiger partial charge on any atom is -0.332 e. The first kappa shape index (κ1) is 15.8. The van der Waals surface area contributed by atoms with Gasteiger partial charge in [0.15, 0.2) is 5.11 Å². The molecule has 0 saturated carbocycles. The van der Waals surface area contributed by atoms with Crippen molar-refractivity contribution in [2.45, 2.75) is 0 Å². The van der Waals surface area contributed by atoms with Gasteiger partial charge in [0.2, 0.25) is 0 Å². The molecule has 0 spiro atoms. The summed E-state index contributed by atoms with van der Waals surface area (Å²) in [5, 5.41) is 5.92. The van der Waals surface area contributed by atoms with Gasteiger partial charge in [0.1, 0.15) is 0 Å². The Bertz CT molecular complexity index is 851. The van der Waals surface area contributed by atoms with E-state index in [0.717, 1.165) is 16.8 Å². The summed E-state index contributed by atoms with van der Waals surface area (Å²) in [6.07, 6.45) is 3.11. The largest absolute Gasteiger partial charge is 0.332 e. The van der Waals surface area contributed by atoms with Crippen molar-refractivity contribution in [3.8, 4) is 11.1 Å². The van der Waals surface area contributed by atoms with Gasteiger partial charge >= 0.3 is 0 Å². The van der Waals surface area contributed by atoms with Crippen LogP contribution in [0.25, 0.3) is 11.1 Å². The summed E-state index contributed by atoms with van der Waals surface area (Å²) >= 11 is 5.21. The number of amides is 1. The van der Waals surface area contributed by atoms with E-state index >= 15 is 0 Å². The number of benzene rings is 2. The summed E-state index contributed by atoms with van der Waals surface area (Å²) < 4.78 is 0. The number of carbonyl (C=O) groups excluding carboxylic acids is 1. The predicted octanol–water partition coefficient (Wildman–Crippen LogP) is 3.88. The Morgan fingerprint density at radius 2 is 1.71 bits per heavy atom. The maximum absolute atomic E-state index is 12.1. The summed E-state index contributed by atoms with van der Waals surface area (Å²) in [6.45, 7) is 0. The van der Waals surface area contributed by atoms with Crippen molar-refractivity contribution >= 4 is 28.9 Å². The lowest BCUT2D eigenvalue weighted by molar-refractivity contribution is 0.0977. The van der Waals surface area contributed by atoms with Crippen molar-refractivity contribution in [3.05, 3.63) is 84.7 Å². The van der Waals surface area contributed by atoms with Crippen LogP contribution in [0.2, 0.25) is 0 Å². The molecule has 5 heteroatoms. The molecule has 2 aromatic carbocycles. The Balaban J connectivity index is 1.68. The highest BCUT2D eigenvalue weighted by atomic mass is 32.1. The van der Waals surface area contributed by atoms with E-state index in [1.54, 1.807) is 18.3 Å². The predicted molar refractivity (Wildman–Crippen MR) is 99.8 cm³/mol. The lowest BCUT2D eigenvalue weighted by atomic mass is 10.1. The Kier molecular flexibility index (Phi) is 4.93. The molecule has 0 aliphatic carbocycles. The Morgan fingerprint density at radius 3 is 2.46 bits per heavy atom. The highest BCUT2D eigenvalue weighted by molar-refractivity contribution is 7.80. The zero-order valence-electron chi connectivity index (χ0n) is 12.8. The fraction of sp³-hybridized carbons (Fsp3) is 0. The molecule has 1 aromatic heterocycles. The van der Waals surface area contributed by atoms with Crippen LogP contribution in [0.3, 0.4) is 0 Å². The minimum absolute atomic E-state index is 0.245. The minimum atomic E-state index is -0.292. The molecule has 24 heavy (non-hydrogen) atoms. The van der Waals surface area contributed by atoms with E-state index in [4.69, 9.17) is 12.2 Å². The fourth-order valence-electron chi connectivity index (χ4n) is 2.24. The van der Waals surface area contributed by atoms with Gasteiger partial charge in [-0.3, -0.25) is 15.1 Å². The number of hydrogen-bond donors (Lipinski definition) is 2. The SMILES string of the molecule is O=C(NC(=S)Nc1cccc(-c2ccccc2)c1)c1cccnc1. The molecule has 4 nitrogen and oxygen atoms in total. The van der Waals surface area contributed by atoms with E-state index in [0.29, 0.717) is 5.56 Å². The highest BCUT2D eigenvalue weighted by Crippen LogP contribution is 2.22. The maximum Gasteiger partial charge on any atom is 0.258 e. The molecule has 0 atom stereocenters. The molecular weight excluding hydrogens is 318 g/mol. The van der Waals surface area contributed by atoms with Crippen molar-refractivity contribution in [1.82, 2.24) is 10.3 Å². The van der Waals surface area contributed by atoms with Gasteiger partial charge in [0.25, 0.3) is 5.91 Å². The number of anilines is 1. The van der Waals surface area contributed by atoms with Gasteiger partial charge in [-0.1, -0.05) is 42.5 Å². The number of thiocarbonyl (C=S) groups is 1. The number of aromatic nitrogens is 1. The lowest BCUT2D eigenvalue weighted by Gasteiger charge is -2.11. The maximum atomic E-state index is 12.1. The third kappa shape index (κ3) is 4.02. The van der Waals surface area contributed by atoms with Crippen LogP contribution >= 0.6 is 12.2 Å². The highest BCUT2D eigenvalue weighted by Gasteiger charge is 2.08. The van der Waals surface area contributed by atoms with Crippen LogP contribution in [0.4, 0.5) is 5.69 Å². The van der Waals surface area contributed by atoms with Crippen LogP contribution < -0.4 is 10.6 Å².